The number of carbonyl (C=O) groups excluding carboxylic acids is 1. The Morgan fingerprint density at radius 1 is 1.10 bits per heavy atom. The maximum atomic E-state index is 13.3. The summed E-state index contributed by atoms with van der Waals surface area (Å²) in [6.45, 7) is 5.92. The van der Waals surface area contributed by atoms with Crippen molar-refractivity contribution in [3.63, 3.8) is 0 Å². The fraction of sp³-hybridized carbons (Fsp3) is 0.320. The normalized spacial score (nSPS) is 13.4. The first-order valence-electron chi connectivity index (χ1n) is 10.8. The number of carbonyl (C=O) groups is 1. The molecule has 4 aromatic rings. The van der Waals surface area contributed by atoms with Crippen molar-refractivity contribution in [3.8, 4) is 0 Å². The van der Waals surface area contributed by atoms with Crippen molar-refractivity contribution < 1.29 is 4.79 Å². The van der Waals surface area contributed by atoms with E-state index in [0.29, 0.717) is 12.1 Å². The Bertz CT molecular complexity index is 1270. The molecule has 2 atom stereocenters. The molecule has 0 radical (unpaired) electrons. The lowest BCUT2D eigenvalue weighted by Gasteiger charge is -2.23. The summed E-state index contributed by atoms with van der Waals surface area (Å²) in [7, 11) is 0. The number of nitrogens with one attached hydrogen (secondary N) is 1. The van der Waals surface area contributed by atoms with Gasteiger partial charge in [0.25, 0.3) is 5.56 Å². The van der Waals surface area contributed by atoms with Gasteiger partial charge in [-0.15, -0.1) is 0 Å². The Morgan fingerprint density at radius 2 is 1.81 bits per heavy atom. The van der Waals surface area contributed by atoms with E-state index >= 15 is 0 Å². The number of aryl methyl sites for hydroxylation is 2. The predicted molar refractivity (Wildman–Crippen MR) is 123 cm³/mol. The number of para-hydroxylation sites is 1. The summed E-state index contributed by atoms with van der Waals surface area (Å²) in [5.74, 6) is -0.0242. The largest absolute Gasteiger partial charge is 0.352 e. The number of fused-ring (bicyclic) bond motifs is 3. The van der Waals surface area contributed by atoms with Crippen LogP contribution in [0.2, 0.25) is 0 Å². The van der Waals surface area contributed by atoms with E-state index in [0.717, 1.165) is 29.4 Å². The minimum absolute atomic E-state index is 0.0242. The van der Waals surface area contributed by atoms with Crippen LogP contribution in [-0.2, 0) is 11.2 Å². The average molecular weight is 417 g/mol. The van der Waals surface area contributed by atoms with Crippen molar-refractivity contribution in [2.75, 3.05) is 0 Å². The number of benzene rings is 2. The average Bonchev–Trinajstić information content (AvgIpc) is 3.08. The second-order valence-electron chi connectivity index (χ2n) is 8.09. The van der Waals surface area contributed by atoms with Crippen molar-refractivity contribution in [1.29, 1.82) is 0 Å². The molecule has 1 amide bonds. The van der Waals surface area contributed by atoms with Crippen LogP contribution in [0, 0.1) is 6.92 Å². The van der Waals surface area contributed by atoms with E-state index in [-0.39, 0.29) is 17.5 Å². The van der Waals surface area contributed by atoms with Gasteiger partial charge in [0.15, 0.2) is 5.65 Å². The van der Waals surface area contributed by atoms with E-state index in [1.807, 2.05) is 72.4 Å². The van der Waals surface area contributed by atoms with Crippen LogP contribution in [0.15, 0.2) is 65.5 Å². The number of hydrogen-bond acceptors (Lipinski definition) is 3. The molecule has 160 valence electrons. The van der Waals surface area contributed by atoms with E-state index in [2.05, 4.69) is 22.4 Å². The molecule has 0 spiro atoms. The van der Waals surface area contributed by atoms with Crippen molar-refractivity contribution in [3.05, 3.63) is 82.3 Å². The third-order valence-corrected chi connectivity index (χ3v) is 5.77. The van der Waals surface area contributed by atoms with Crippen LogP contribution in [0.4, 0.5) is 0 Å². The highest BCUT2D eigenvalue weighted by Crippen LogP contribution is 2.26. The molecule has 2 aromatic heterocycles. The van der Waals surface area contributed by atoms with Crippen LogP contribution in [0.1, 0.15) is 44.0 Å². The molecule has 0 aliphatic rings. The molecule has 6 heteroatoms. The van der Waals surface area contributed by atoms with Gasteiger partial charge >= 0.3 is 0 Å². The van der Waals surface area contributed by atoms with Crippen molar-refractivity contribution in [2.45, 2.75) is 52.1 Å². The molecule has 2 aromatic carbocycles. The Balaban J connectivity index is 1.65. The van der Waals surface area contributed by atoms with Gasteiger partial charge in [-0.3, -0.25) is 14.3 Å². The summed E-state index contributed by atoms with van der Waals surface area (Å²) in [4.78, 5) is 29.6. The zero-order valence-electron chi connectivity index (χ0n) is 18.2. The lowest BCUT2D eigenvalue weighted by Crippen LogP contribution is -2.39. The Morgan fingerprint density at radius 3 is 2.55 bits per heavy atom. The first kappa shape index (κ1) is 20.8. The zero-order valence-corrected chi connectivity index (χ0v) is 18.2. The van der Waals surface area contributed by atoms with Crippen molar-refractivity contribution >= 4 is 22.5 Å². The highest BCUT2D eigenvalue weighted by molar-refractivity contribution is 5.94. The smallest absolute Gasteiger partial charge is 0.273 e. The van der Waals surface area contributed by atoms with Gasteiger partial charge in [0.2, 0.25) is 5.91 Å². The topological polar surface area (TPSA) is 68.4 Å². The van der Waals surface area contributed by atoms with Gasteiger partial charge in [0.1, 0.15) is 6.04 Å². The van der Waals surface area contributed by atoms with Crippen LogP contribution >= 0.6 is 0 Å². The lowest BCUT2D eigenvalue weighted by atomic mass is 10.1. The Hall–Kier alpha value is -3.41. The molecule has 0 bridgehead atoms. The third kappa shape index (κ3) is 4.10. The zero-order chi connectivity index (χ0) is 22.0. The highest BCUT2D eigenvalue weighted by Gasteiger charge is 2.25. The first-order valence-corrected chi connectivity index (χ1v) is 10.8. The lowest BCUT2D eigenvalue weighted by molar-refractivity contribution is -0.125. The van der Waals surface area contributed by atoms with Crippen LogP contribution < -0.4 is 10.9 Å². The van der Waals surface area contributed by atoms with Gasteiger partial charge in [-0.05, 0) is 50.8 Å². The van der Waals surface area contributed by atoms with Crippen LogP contribution in [-0.4, -0.2) is 26.1 Å². The van der Waals surface area contributed by atoms with Gasteiger partial charge < -0.3 is 5.32 Å². The minimum Gasteiger partial charge on any atom is -0.352 e. The van der Waals surface area contributed by atoms with E-state index in [1.165, 1.54) is 11.6 Å². The van der Waals surface area contributed by atoms with E-state index in [1.54, 1.807) is 0 Å². The maximum absolute atomic E-state index is 13.3. The summed E-state index contributed by atoms with van der Waals surface area (Å²) in [6.07, 6.45) is 2.40. The molecule has 0 saturated heterocycles. The van der Waals surface area contributed by atoms with Gasteiger partial charge in [0, 0.05) is 23.2 Å². The third-order valence-electron chi connectivity index (χ3n) is 5.77. The molecular weight excluding hydrogens is 388 g/mol. The minimum atomic E-state index is -0.412. The monoisotopic (exact) mass is 416 g/mol. The highest BCUT2D eigenvalue weighted by atomic mass is 16.2. The Kier molecular flexibility index (Phi) is 5.89. The molecule has 0 saturated carbocycles. The number of aromatic nitrogens is 3. The maximum Gasteiger partial charge on any atom is 0.273 e. The van der Waals surface area contributed by atoms with Gasteiger partial charge in [-0.1, -0.05) is 49.4 Å². The van der Waals surface area contributed by atoms with Crippen molar-refractivity contribution in [1.82, 2.24) is 19.5 Å². The predicted octanol–water partition coefficient (Wildman–Crippen LogP) is 4.05. The number of hydrogen-bond donors (Lipinski definition) is 1. The second-order valence-corrected chi connectivity index (χ2v) is 8.09. The molecule has 4 rings (SSSR count). The van der Waals surface area contributed by atoms with Crippen LogP contribution in [0.5, 0.6) is 0 Å². The molecule has 0 aliphatic heterocycles. The van der Waals surface area contributed by atoms with Crippen LogP contribution in [0.3, 0.4) is 0 Å². The quantitative estimate of drug-likeness (QED) is 0.494. The van der Waals surface area contributed by atoms with E-state index < -0.39 is 6.04 Å². The van der Waals surface area contributed by atoms with Gasteiger partial charge in [-0.25, -0.2) is 4.52 Å². The molecule has 6 nitrogen and oxygen atoms in total. The van der Waals surface area contributed by atoms with Crippen LogP contribution in [0.25, 0.3) is 16.6 Å². The fourth-order valence-corrected chi connectivity index (χ4v) is 4.22. The molecule has 1 N–H and O–H groups in total. The second kappa shape index (κ2) is 8.76. The SMILES string of the molecule is CC[C@H](C(=O)N[C@@H](C)CCc1ccccc1)n1c2ccccc2c2nc(=O)cc(C)n21. The first-order chi connectivity index (χ1) is 15.0. The molecule has 0 unspecified atom stereocenters. The molecule has 0 fully saturated rings. The number of rotatable bonds is 7. The summed E-state index contributed by atoms with van der Waals surface area (Å²) >= 11 is 0. The number of nitrogens with zero attached hydrogens (tertiary/aromatic N) is 3. The molecule has 31 heavy (non-hydrogen) atoms. The Labute approximate surface area is 181 Å². The summed E-state index contributed by atoms with van der Waals surface area (Å²) in [5.41, 5.74) is 3.23. The molecule has 0 aliphatic carbocycles. The molecule has 2 heterocycles. The summed E-state index contributed by atoms with van der Waals surface area (Å²) < 4.78 is 3.88. The van der Waals surface area contributed by atoms with Gasteiger partial charge in [0.05, 0.1) is 5.52 Å². The molecular formula is C25H28N4O2. The summed E-state index contributed by atoms with van der Waals surface area (Å²) in [5, 5.41) is 4.06. The van der Waals surface area contributed by atoms with E-state index in [4.69, 9.17) is 0 Å². The number of amides is 1. The van der Waals surface area contributed by atoms with Gasteiger partial charge in [-0.2, -0.15) is 4.98 Å². The summed E-state index contributed by atoms with van der Waals surface area (Å²) in [6, 6.07) is 19.2. The van der Waals surface area contributed by atoms with Crippen molar-refractivity contribution in [2.24, 2.45) is 0 Å². The fourth-order valence-electron chi connectivity index (χ4n) is 4.22. The van der Waals surface area contributed by atoms with E-state index in [9.17, 15) is 9.59 Å². The standard InChI is InChI=1S/C25H28N4O2/c1-4-21(25(31)26-17(2)14-15-19-10-6-5-7-11-19)29-22-13-9-8-12-20(22)24-27-23(30)16-18(3)28(24)29/h5-13,16-17,21H,4,14-15H2,1-3H3,(H,26,31)/t17-,21+/m0/s1.